The summed E-state index contributed by atoms with van der Waals surface area (Å²) in [5, 5.41) is 2.62. The molecule has 2 N–H and O–H groups in total. The van der Waals surface area contributed by atoms with Gasteiger partial charge in [0.25, 0.3) is 5.91 Å². The Bertz CT molecular complexity index is 1840. The Morgan fingerprint density at radius 3 is 2.76 bits per heavy atom. The van der Waals surface area contributed by atoms with Crippen LogP contribution in [0.4, 0.5) is 5.69 Å². The molecule has 3 heterocycles. The van der Waals surface area contributed by atoms with Crippen LogP contribution in [0.2, 0.25) is 5.02 Å². The molecule has 2 bridgehead atoms. The van der Waals surface area contributed by atoms with E-state index >= 15 is 0 Å². The van der Waals surface area contributed by atoms with Crippen LogP contribution >= 0.6 is 11.6 Å². The molecular formula is C38H47ClN4O7S. The normalized spacial score (nSPS) is 31.2. The number of amides is 3. The number of hydrogen-bond acceptors (Lipinski definition) is 8. The molecule has 5 aliphatic rings. The van der Waals surface area contributed by atoms with Crippen molar-refractivity contribution in [2.24, 2.45) is 17.8 Å². The van der Waals surface area contributed by atoms with E-state index in [1.54, 1.807) is 25.1 Å². The van der Waals surface area contributed by atoms with E-state index in [2.05, 4.69) is 27.1 Å². The van der Waals surface area contributed by atoms with Crippen LogP contribution in [0.25, 0.3) is 0 Å². The van der Waals surface area contributed by atoms with Gasteiger partial charge in [-0.3, -0.25) is 14.4 Å². The third kappa shape index (κ3) is 7.37. The van der Waals surface area contributed by atoms with Crippen LogP contribution in [0.15, 0.2) is 48.6 Å². The molecule has 274 valence electrons. The molecule has 11 nitrogen and oxygen atoms in total. The molecule has 2 aromatic rings. The van der Waals surface area contributed by atoms with Gasteiger partial charge in [0.2, 0.25) is 21.8 Å². The summed E-state index contributed by atoms with van der Waals surface area (Å²) in [5.41, 5.74) is 3.13. The van der Waals surface area contributed by atoms with E-state index in [0.29, 0.717) is 50.0 Å². The van der Waals surface area contributed by atoms with E-state index in [1.807, 2.05) is 25.1 Å². The molecule has 3 amide bonds. The second-order valence-electron chi connectivity index (χ2n) is 15.1. The number of fused-ring (bicyclic) bond motifs is 4. The number of aryl methyl sites for hydroxylation is 1. The Balaban J connectivity index is 1.24. The van der Waals surface area contributed by atoms with Gasteiger partial charge in [-0.05, 0) is 105 Å². The highest BCUT2D eigenvalue weighted by molar-refractivity contribution is 7.90. The van der Waals surface area contributed by atoms with Crippen LogP contribution in [-0.2, 0) is 36.2 Å². The number of piperazine rings is 1. The minimum absolute atomic E-state index is 0.0185. The van der Waals surface area contributed by atoms with Crippen molar-refractivity contribution in [2.45, 2.75) is 69.1 Å². The van der Waals surface area contributed by atoms with Crippen molar-refractivity contribution in [3.8, 4) is 5.75 Å². The fraction of sp³-hybridized carbons (Fsp3) is 0.553. The molecule has 0 aromatic heterocycles. The van der Waals surface area contributed by atoms with E-state index < -0.39 is 21.2 Å². The van der Waals surface area contributed by atoms with E-state index in [0.717, 1.165) is 37.8 Å². The minimum Gasteiger partial charge on any atom is -0.490 e. The Morgan fingerprint density at radius 2 is 1.98 bits per heavy atom. The van der Waals surface area contributed by atoms with Gasteiger partial charge >= 0.3 is 0 Å². The molecule has 13 heteroatoms. The zero-order chi connectivity index (χ0) is 35.9. The van der Waals surface area contributed by atoms with Gasteiger partial charge in [-0.25, -0.2) is 13.1 Å². The number of carbonyl (C=O) groups is 3. The number of halogens is 1. The zero-order valence-electron chi connectivity index (χ0n) is 29.2. The van der Waals surface area contributed by atoms with E-state index in [9.17, 15) is 22.8 Å². The van der Waals surface area contributed by atoms with Gasteiger partial charge in [0, 0.05) is 42.2 Å². The summed E-state index contributed by atoms with van der Waals surface area (Å²) < 4.78 is 42.2. The second-order valence-corrected chi connectivity index (χ2v) is 17.5. The molecule has 0 unspecified atom stereocenters. The first-order valence-electron chi connectivity index (χ1n) is 18.1. The predicted molar refractivity (Wildman–Crippen MR) is 195 cm³/mol. The smallest absolute Gasteiger partial charge is 0.264 e. The van der Waals surface area contributed by atoms with Gasteiger partial charge in [0.1, 0.15) is 12.4 Å². The van der Waals surface area contributed by atoms with Gasteiger partial charge in [0.15, 0.2) is 0 Å². The highest BCUT2D eigenvalue weighted by atomic mass is 35.5. The van der Waals surface area contributed by atoms with Crippen LogP contribution in [0.5, 0.6) is 5.75 Å². The van der Waals surface area contributed by atoms with Gasteiger partial charge in [0.05, 0.1) is 30.2 Å². The fourth-order valence-corrected chi connectivity index (χ4v) is 9.91. The largest absolute Gasteiger partial charge is 0.490 e. The molecule has 6 atom stereocenters. The minimum atomic E-state index is -4.00. The van der Waals surface area contributed by atoms with Crippen molar-refractivity contribution in [2.75, 3.05) is 50.8 Å². The van der Waals surface area contributed by atoms with Gasteiger partial charge in [-0.15, -0.1) is 0 Å². The van der Waals surface area contributed by atoms with Crippen molar-refractivity contribution >= 4 is 45.0 Å². The molecule has 0 radical (unpaired) electrons. The van der Waals surface area contributed by atoms with Crippen molar-refractivity contribution in [3.63, 3.8) is 0 Å². The summed E-state index contributed by atoms with van der Waals surface area (Å²) in [4.78, 5) is 42.5. The van der Waals surface area contributed by atoms with E-state index in [-0.39, 0.29) is 59.8 Å². The lowest BCUT2D eigenvalue weighted by Crippen LogP contribution is -2.52. The second kappa shape index (κ2) is 14.4. The Hall–Kier alpha value is -3.61. The molecule has 2 fully saturated rings. The number of nitrogens with one attached hydrogen (secondary N) is 2. The monoisotopic (exact) mass is 738 g/mol. The maximum Gasteiger partial charge on any atom is 0.264 e. The zero-order valence-corrected chi connectivity index (χ0v) is 30.8. The number of benzene rings is 2. The number of ether oxygens (including phenoxy) is 2. The number of allylic oxidation sites excluding steroid dienone is 1. The van der Waals surface area contributed by atoms with E-state index in [4.69, 9.17) is 21.1 Å². The predicted octanol–water partition coefficient (Wildman–Crippen LogP) is 4.23. The SMILES string of the molecule is C[C@@H]1[C@@H](C)C/C=C\[C@H](OCC(=O)N2CCNC(=O)C2)[C@@H]2CC[C@H]2CN2C[C@@]3(CCCc4cc(Cl)ccc43)COc3ccc(cc32)C(=O)NS1(=O)=O. The first kappa shape index (κ1) is 35.8. The molecule has 2 aromatic carbocycles. The average Bonchev–Trinajstić information content (AvgIpc) is 3.24. The number of sulfonamides is 1. The standard InChI is InChI=1S/C38H47ClN4O7S/c1-24-5-3-7-33(49-21-36(45)42-16-15-40-35(44)20-42)30-11-8-28(30)19-43-22-38(14-4-6-26-17-29(39)10-12-31(26)38)23-50-34-13-9-27(18-32(34)43)37(46)41-51(47,48)25(24)2/h3,7,9-10,12-13,17-18,24-25,28,30,33H,4-6,8,11,14-16,19-23H2,1-2H3,(H,40,44)(H,41,46)/b7-3-/t24-,25+,28-,30+,33-,38-/m0/s1. The summed E-state index contributed by atoms with van der Waals surface area (Å²) in [7, 11) is -4.00. The Labute approximate surface area is 305 Å². The van der Waals surface area contributed by atoms with Crippen molar-refractivity contribution in [3.05, 3.63) is 70.3 Å². The quantitative estimate of drug-likeness (QED) is 0.448. The molecule has 2 aliphatic carbocycles. The van der Waals surface area contributed by atoms with Crippen LogP contribution in [0.3, 0.4) is 0 Å². The third-order valence-corrected chi connectivity index (χ3v) is 14.0. The lowest BCUT2D eigenvalue weighted by Gasteiger charge is -2.46. The highest BCUT2D eigenvalue weighted by Gasteiger charge is 2.45. The molecule has 7 rings (SSSR count). The molecular weight excluding hydrogens is 692 g/mol. The van der Waals surface area contributed by atoms with E-state index in [1.165, 1.54) is 16.0 Å². The summed E-state index contributed by atoms with van der Waals surface area (Å²) in [6, 6.07) is 11.3. The summed E-state index contributed by atoms with van der Waals surface area (Å²) in [6.07, 6.45) is 8.73. The first-order valence-corrected chi connectivity index (χ1v) is 20.0. The van der Waals surface area contributed by atoms with Crippen LogP contribution in [0.1, 0.15) is 67.4 Å². The third-order valence-electron chi connectivity index (χ3n) is 11.8. The molecule has 1 spiro atoms. The van der Waals surface area contributed by atoms with Crippen LogP contribution in [0, 0.1) is 17.8 Å². The summed E-state index contributed by atoms with van der Waals surface area (Å²) in [5.74, 6) is -0.402. The first-order chi connectivity index (χ1) is 24.4. The van der Waals surface area contributed by atoms with Crippen molar-refractivity contribution in [1.29, 1.82) is 0 Å². The lowest BCUT2D eigenvalue weighted by atomic mass is 9.68. The van der Waals surface area contributed by atoms with Crippen LogP contribution in [-0.4, -0.2) is 88.3 Å². The lowest BCUT2D eigenvalue weighted by molar-refractivity contribution is -0.144. The van der Waals surface area contributed by atoms with Crippen LogP contribution < -0.4 is 19.7 Å². The number of hydrogen-bond donors (Lipinski definition) is 2. The number of rotatable bonds is 3. The summed E-state index contributed by atoms with van der Waals surface area (Å²) in [6.45, 7) is 5.95. The molecule has 3 aliphatic heterocycles. The Morgan fingerprint density at radius 1 is 1.14 bits per heavy atom. The topological polar surface area (TPSA) is 134 Å². The maximum atomic E-state index is 13.5. The maximum absolute atomic E-state index is 13.5. The van der Waals surface area contributed by atoms with Gasteiger partial charge < -0.3 is 24.6 Å². The Kier molecular flexibility index (Phi) is 10.1. The highest BCUT2D eigenvalue weighted by Crippen LogP contribution is 2.47. The number of carbonyl (C=O) groups excluding carboxylic acids is 3. The summed E-state index contributed by atoms with van der Waals surface area (Å²) >= 11 is 6.44. The number of anilines is 1. The fourth-order valence-electron chi connectivity index (χ4n) is 8.43. The molecule has 1 saturated heterocycles. The van der Waals surface area contributed by atoms with Gasteiger partial charge in [-0.2, -0.15) is 0 Å². The van der Waals surface area contributed by atoms with Crippen molar-refractivity contribution in [1.82, 2.24) is 14.9 Å². The van der Waals surface area contributed by atoms with Gasteiger partial charge in [-0.1, -0.05) is 36.7 Å². The molecule has 51 heavy (non-hydrogen) atoms. The average molecular weight is 739 g/mol. The van der Waals surface area contributed by atoms with Crippen molar-refractivity contribution < 1.29 is 32.3 Å². The number of nitrogens with zero attached hydrogens (tertiary/aromatic N) is 2. The molecule has 1 saturated carbocycles.